The van der Waals surface area contributed by atoms with E-state index < -0.39 is 5.91 Å². The Bertz CT molecular complexity index is 847. The van der Waals surface area contributed by atoms with Crippen LogP contribution in [0.2, 0.25) is 0 Å². The largest absolute Gasteiger partial charge is 0.274 e. The number of benzene rings is 1. The number of rotatable bonds is 2. The van der Waals surface area contributed by atoms with Gasteiger partial charge in [-0.3, -0.25) is 14.7 Å². The van der Waals surface area contributed by atoms with Gasteiger partial charge in [0, 0.05) is 0 Å². The fourth-order valence-electron chi connectivity index (χ4n) is 1.81. The summed E-state index contributed by atoms with van der Waals surface area (Å²) in [5.41, 5.74) is 1.77. The molecule has 2 radical (unpaired) electrons. The molecular formula is C12H6AlN5OS. The van der Waals surface area contributed by atoms with Crippen molar-refractivity contribution in [3.05, 3.63) is 35.5 Å². The highest BCUT2D eigenvalue weighted by molar-refractivity contribution is 7.17. The van der Waals surface area contributed by atoms with Crippen molar-refractivity contribution in [3.63, 3.8) is 0 Å². The molecule has 1 amide bonds. The molecule has 0 fully saturated rings. The summed E-state index contributed by atoms with van der Waals surface area (Å²) < 4.78 is 2.33. The van der Waals surface area contributed by atoms with Crippen molar-refractivity contribution >= 4 is 49.1 Å². The lowest BCUT2D eigenvalue weighted by Gasteiger charge is -1.97. The maximum absolute atomic E-state index is 11.7. The summed E-state index contributed by atoms with van der Waals surface area (Å²) in [4.78, 5) is 20.7. The number of nitrogens with zero attached hydrogens (tertiary/aromatic N) is 4. The van der Waals surface area contributed by atoms with Crippen molar-refractivity contribution in [1.29, 1.82) is 5.26 Å². The van der Waals surface area contributed by atoms with Gasteiger partial charge in [0.25, 0.3) is 5.91 Å². The Labute approximate surface area is 126 Å². The average Bonchev–Trinajstić information content (AvgIpc) is 3.02. The van der Waals surface area contributed by atoms with E-state index in [-0.39, 0.29) is 0 Å². The van der Waals surface area contributed by atoms with Crippen LogP contribution in [0.15, 0.2) is 30.6 Å². The Morgan fingerprint density at radius 2 is 2.25 bits per heavy atom. The number of nitrogens with one attached hydrogen (secondary N) is 1. The number of aromatic nitrogens is 3. The van der Waals surface area contributed by atoms with E-state index in [0.717, 1.165) is 11.0 Å². The maximum atomic E-state index is 11.7. The second kappa shape index (κ2) is 5.06. The average molecular weight is 295 g/mol. The number of para-hydroxylation sites is 2. The third-order valence-corrected chi connectivity index (χ3v) is 4.37. The van der Waals surface area contributed by atoms with Crippen LogP contribution in [0.3, 0.4) is 0 Å². The standard InChI is InChI=1S/C12H6N5OS.Al/c13-6-15-11(18)10-5-14-12(19-10)17-7-16-8-3-1-2-4-9(8)17;/h1-4,7H,(H,15,18);. The van der Waals surface area contributed by atoms with Crippen LogP contribution in [0.1, 0.15) is 9.67 Å². The molecule has 0 atom stereocenters. The van der Waals surface area contributed by atoms with Crippen LogP contribution in [0.5, 0.6) is 0 Å². The van der Waals surface area contributed by atoms with Crippen LogP contribution in [0.25, 0.3) is 16.2 Å². The summed E-state index contributed by atoms with van der Waals surface area (Å²) >= 11 is 3.61. The van der Waals surface area contributed by atoms with E-state index in [9.17, 15) is 4.79 Å². The molecule has 3 rings (SSSR count). The van der Waals surface area contributed by atoms with Crippen molar-refractivity contribution in [2.24, 2.45) is 0 Å². The lowest BCUT2D eigenvalue weighted by atomic mass is 10.3. The van der Waals surface area contributed by atoms with Crippen molar-refractivity contribution in [2.75, 3.05) is 0 Å². The van der Waals surface area contributed by atoms with Gasteiger partial charge in [0.2, 0.25) is 16.3 Å². The minimum Gasteiger partial charge on any atom is -0.274 e. The van der Waals surface area contributed by atoms with Gasteiger partial charge in [-0.05, 0) is 16.7 Å². The Hall–Kier alpha value is -2.19. The number of hydrogen-bond acceptors (Lipinski definition) is 5. The monoisotopic (exact) mass is 295 g/mol. The first kappa shape index (κ1) is 12.8. The Morgan fingerprint density at radius 3 is 3.05 bits per heavy atom. The molecule has 0 saturated heterocycles. The van der Waals surface area contributed by atoms with Gasteiger partial charge in [0.1, 0.15) is 6.33 Å². The lowest BCUT2D eigenvalue weighted by molar-refractivity contribution is 0.0977. The fourth-order valence-corrected chi connectivity index (χ4v) is 3.19. The molecule has 8 heteroatoms. The van der Waals surface area contributed by atoms with E-state index in [1.807, 2.05) is 28.8 Å². The number of thiazole rings is 1. The predicted molar refractivity (Wildman–Crippen MR) is 75.2 cm³/mol. The Kier molecular flexibility index (Phi) is 3.25. The van der Waals surface area contributed by atoms with Gasteiger partial charge >= 0.3 is 0 Å². The van der Waals surface area contributed by atoms with Crippen molar-refractivity contribution in [1.82, 2.24) is 19.9 Å². The van der Waals surface area contributed by atoms with Gasteiger partial charge in [-0.15, -0.1) is 0 Å². The van der Waals surface area contributed by atoms with E-state index in [1.165, 1.54) is 11.3 Å². The molecule has 0 aliphatic carbocycles. The topological polar surface area (TPSA) is 83.6 Å². The number of carbonyl (C=O) groups excluding carboxylic acids is 1. The van der Waals surface area contributed by atoms with Gasteiger partial charge in [-0.25, -0.2) is 9.97 Å². The highest BCUT2D eigenvalue weighted by Crippen LogP contribution is 2.21. The van der Waals surface area contributed by atoms with Crippen LogP contribution in [-0.4, -0.2) is 36.7 Å². The van der Waals surface area contributed by atoms with Gasteiger partial charge in [-0.1, -0.05) is 23.5 Å². The fraction of sp³-hybridized carbons (Fsp3) is 0. The normalized spacial score (nSPS) is 10.3. The second-order valence-electron chi connectivity index (χ2n) is 3.88. The van der Waals surface area contributed by atoms with Gasteiger partial charge in [0.15, 0.2) is 11.3 Å². The number of imidazole rings is 1. The van der Waals surface area contributed by atoms with E-state index in [4.69, 9.17) is 5.26 Å². The number of hydrogen-bond donors (Lipinski definition) is 1. The summed E-state index contributed by atoms with van der Waals surface area (Å²) in [5.74, 6) is -0.453. The minimum atomic E-state index is -0.453. The van der Waals surface area contributed by atoms with Crippen LogP contribution < -0.4 is 9.87 Å². The number of carbonyl (C=O) groups is 1. The van der Waals surface area contributed by atoms with Gasteiger partial charge in [0.05, 0.1) is 15.9 Å². The maximum Gasteiger partial charge on any atom is 0.274 e. The molecule has 6 nitrogen and oxygen atoms in total. The summed E-state index contributed by atoms with van der Waals surface area (Å²) in [6.45, 7) is 0. The molecule has 2 aromatic heterocycles. The van der Waals surface area contributed by atoms with Crippen LogP contribution in [0.4, 0.5) is 0 Å². The molecule has 0 spiro atoms. The SMILES string of the molecule is N#CNC(=O)c1sc(-n2cnc3ccccc32)n[c]1[Al]. The molecule has 1 aromatic carbocycles. The first-order chi connectivity index (χ1) is 9.70. The highest BCUT2D eigenvalue weighted by Gasteiger charge is 2.16. The van der Waals surface area contributed by atoms with Gasteiger partial charge < -0.3 is 0 Å². The number of fused-ring (bicyclic) bond motifs is 1. The molecule has 2 heterocycles. The first-order valence-corrected chi connectivity index (χ1v) is 6.98. The first-order valence-electron chi connectivity index (χ1n) is 5.59. The molecule has 1 N–H and O–H groups in total. The Balaban J connectivity index is 2.10. The van der Waals surface area contributed by atoms with Crippen LogP contribution >= 0.6 is 11.3 Å². The lowest BCUT2D eigenvalue weighted by Crippen LogP contribution is -2.23. The van der Waals surface area contributed by atoms with E-state index >= 15 is 0 Å². The molecule has 0 aliphatic rings. The molecular weight excluding hydrogens is 289 g/mol. The molecule has 0 aliphatic heterocycles. The predicted octanol–water partition coefficient (Wildman–Crippen LogP) is 0.487. The summed E-state index contributed by atoms with van der Waals surface area (Å²) in [6, 6.07) is 7.67. The second-order valence-corrected chi connectivity index (χ2v) is 5.40. The Morgan fingerprint density at radius 1 is 1.45 bits per heavy atom. The van der Waals surface area contributed by atoms with Crippen molar-refractivity contribution in [2.45, 2.75) is 0 Å². The van der Waals surface area contributed by atoms with Crippen molar-refractivity contribution < 1.29 is 4.79 Å². The van der Waals surface area contributed by atoms with E-state index in [0.29, 0.717) is 14.6 Å². The van der Waals surface area contributed by atoms with Gasteiger partial charge in [-0.2, -0.15) is 5.26 Å². The zero-order valence-electron chi connectivity index (χ0n) is 10.1. The molecule has 3 aromatic rings. The van der Waals surface area contributed by atoms with Crippen molar-refractivity contribution in [3.8, 4) is 11.3 Å². The highest BCUT2D eigenvalue weighted by atomic mass is 32.1. The molecule has 20 heavy (non-hydrogen) atoms. The molecule has 0 unspecified atom stereocenters. The minimum absolute atomic E-state index is 0.393. The van der Waals surface area contributed by atoms with Crippen LogP contribution in [-0.2, 0) is 0 Å². The van der Waals surface area contributed by atoms with Crippen LogP contribution in [0, 0.1) is 11.5 Å². The zero-order chi connectivity index (χ0) is 14.1. The third-order valence-electron chi connectivity index (χ3n) is 2.68. The number of amides is 1. The zero-order valence-corrected chi connectivity index (χ0v) is 12.0. The quantitative estimate of drug-likeness (QED) is 0.423. The smallest absolute Gasteiger partial charge is 0.274 e. The van der Waals surface area contributed by atoms with E-state index in [1.54, 1.807) is 12.5 Å². The summed E-state index contributed by atoms with van der Waals surface area (Å²) in [6.07, 6.45) is 3.28. The molecule has 0 saturated carbocycles. The summed E-state index contributed by atoms with van der Waals surface area (Å²) in [7, 11) is 0. The third kappa shape index (κ3) is 2.08. The molecule has 94 valence electrons. The number of nitriles is 1. The molecule has 0 bridgehead atoms. The van der Waals surface area contributed by atoms with E-state index in [2.05, 4.69) is 31.6 Å². The summed E-state index contributed by atoms with van der Waals surface area (Å²) in [5, 5.41) is 11.2.